The van der Waals surface area contributed by atoms with Gasteiger partial charge in [-0.2, -0.15) is 0 Å². The molecule has 0 radical (unpaired) electrons. The van der Waals surface area contributed by atoms with Crippen molar-refractivity contribution in [2.75, 3.05) is 13.2 Å². The van der Waals surface area contributed by atoms with E-state index >= 15 is 0 Å². The van der Waals surface area contributed by atoms with Crippen molar-refractivity contribution in [3.05, 3.63) is 0 Å². The van der Waals surface area contributed by atoms with Crippen LogP contribution in [-0.4, -0.2) is 86.8 Å². The second-order valence-corrected chi connectivity index (χ2v) is 12.9. The number of aliphatic hydroxyl groups excluding tert-OH is 6. The Morgan fingerprint density at radius 3 is 1.29 bits per heavy atom. The number of rotatable bonds is 29. The predicted molar refractivity (Wildman–Crippen MR) is 168 cm³/mol. The molecule has 7 atom stereocenters. The van der Waals surface area contributed by atoms with Crippen LogP contribution in [0.3, 0.4) is 0 Å². The van der Waals surface area contributed by atoms with Gasteiger partial charge in [0.05, 0.1) is 25.4 Å². The Kier molecular flexibility index (Phi) is 25.6. The molecule has 1 aliphatic rings. The number of aliphatic hydroxyl groups is 6. The molecule has 0 aromatic heterocycles. The molecule has 0 aliphatic carbocycles. The van der Waals surface area contributed by atoms with Crippen molar-refractivity contribution in [1.29, 1.82) is 0 Å². The van der Waals surface area contributed by atoms with Crippen LogP contribution >= 0.6 is 0 Å². The molecule has 1 fully saturated rings. The summed E-state index contributed by atoms with van der Waals surface area (Å²) >= 11 is 0. The van der Waals surface area contributed by atoms with Crippen LogP contribution in [0.25, 0.3) is 0 Å². The van der Waals surface area contributed by atoms with Crippen molar-refractivity contribution in [3.8, 4) is 0 Å². The molecule has 6 N–H and O–H groups in total. The van der Waals surface area contributed by atoms with Gasteiger partial charge in [0.2, 0.25) is 0 Å². The summed E-state index contributed by atoms with van der Waals surface area (Å²) in [5.74, 6) is 0. The minimum atomic E-state index is -1.44. The molecule has 0 bridgehead atoms. The average Bonchev–Trinajstić information content (AvgIpc) is 2.97. The lowest BCUT2D eigenvalue weighted by molar-refractivity contribution is -0.301. The molecule has 2 unspecified atom stereocenters. The Hall–Kier alpha value is -0.320. The van der Waals surface area contributed by atoms with E-state index in [0.717, 1.165) is 19.3 Å². The van der Waals surface area contributed by atoms with E-state index in [0.29, 0.717) is 12.8 Å². The van der Waals surface area contributed by atoms with Crippen LogP contribution in [0.1, 0.15) is 161 Å². The van der Waals surface area contributed by atoms with E-state index in [9.17, 15) is 30.6 Å². The summed E-state index contributed by atoms with van der Waals surface area (Å²) in [6, 6.07) is 0. The van der Waals surface area contributed by atoms with E-state index in [1.807, 2.05) is 6.92 Å². The Morgan fingerprint density at radius 2 is 0.905 bits per heavy atom. The lowest BCUT2D eigenvalue weighted by Crippen LogP contribution is -2.59. The number of ether oxygens (including phenoxy) is 2. The van der Waals surface area contributed by atoms with Crippen LogP contribution in [0, 0.1) is 0 Å². The third-order valence-corrected chi connectivity index (χ3v) is 8.74. The molecule has 1 saturated heterocycles. The van der Waals surface area contributed by atoms with E-state index in [1.54, 1.807) is 0 Å². The van der Waals surface area contributed by atoms with Crippen molar-refractivity contribution in [2.45, 2.75) is 204 Å². The molecule has 1 aliphatic heterocycles. The van der Waals surface area contributed by atoms with Crippen LogP contribution in [0.4, 0.5) is 0 Å². The van der Waals surface area contributed by atoms with Crippen LogP contribution in [0.5, 0.6) is 0 Å². The summed E-state index contributed by atoms with van der Waals surface area (Å²) < 4.78 is 10.8. The Bertz CT molecular complexity index is 576. The van der Waals surface area contributed by atoms with Crippen molar-refractivity contribution in [2.24, 2.45) is 0 Å². The van der Waals surface area contributed by atoms with Gasteiger partial charge in [-0.25, -0.2) is 0 Å². The maximum absolute atomic E-state index is 10.2. The Balaban J connectivity index is 1.78. The van der Waals surface area contributed by atoms with Gasteiger partial charge in [0, 0.05) is 0 Å². The van der Waals surface area contributed by atoms with Gasteiger partial charge in [-0.05, 0) is 26.2 Å². The van der Waals surface area contributed by atoms with E-state index in [-0.39, 0.29) is 12.7 Å². The van der Waals surface area contributed by atoms with Gasteiger partial charge >= 0.3 is 0 Å². The first kappa shape index (κ1) is 39.7. The topological polar surface area (TPSA) is 140 Å². The highest BCUT2D eigenvalue weighted by molar-refractivity contribution is 4.88. The molecule has 8 nitrogen and oxygen atoms in total. The van der Waals surface area contributed by atoms with E-state index in [2.05, 4.69) is 0 Å². The molecule has 252 valence electrons. The van der Waals surface area contributed by atoms with Crippen molar-refractivity contribution in [1.82, 2.24) is 0 Å². The molecule has 0 aromatic rings. The Labute approximate surface area is 257 Å². The van der Waals surface area contributed by atoms with Crippen LogP contribution in [-0.2, 0) is 9.47 Å². The molecule has 42 heavy (non-hydrogen) atoms. The van der Waals surface area contributed by atoms with Gasteiger partial charge in [-0.3, -0.25) is 0 Å². The lowest BCUT2D eigenvalue weighted by atomic mass is 9.99. The second-order valence-electron chi connectivity index (χ2n) is 12.9. The zero-order chi connectivity index (χ0) is 30.8. The molecule has 0 aromatic carbocycles. The third kappa shape index (κ3) is 20.6. The molecular weight excluding hydrogens is 536 g/mol. The fourth-order valence-electron chi connectivity index (χ4n) is 5.85. The summed E-state index contributed by atoms with van der Waals surface area (Å²) in [5, 5.41) is 58.3. The van der Waals surface area contributed by atoms with Gasteiger partial charge in [0.1, 0.15) is 24.4 Å². The van der Waals surface area contributed by atoms with Gasteiger partial charge in [-0.1, -0.05) is 135 Å². The second kappa shape index (κ2) is 27.0. The minimum Gasteiger partial charge on any atom is -0.394 e. The summed E-state index contributed by atoms with van der Waals surface area (Å²) in [7, 11) is 0. The van der Waals surface area contributed by atoms with Gasteiger partial charge in [-0.15, -0.1) is 0 Å². The molecule has 0 amide bonds. The number of hydrogen-bond acceptors (Lipinski definition) is 8. The minimum absolute atomic E-state index is 0.131. The SMILES string of the molecule is CC(O)CCCCCCCCCCCCCCCCCCCCCCCC(O)CCO[C@@H]1O[C@H](CO)[C@@H](O)[C@H](O)[C@H]1O. The monoisotopic (exact) mass is 604 g/mol. The fraction of sp³-hybridized carbons (Fsp3) is 1.00. The summed E-state index contributed by atoms with van der Waals surface area (Å²) in [5.41, 5.74) is 0. The first-order valence-electron chi connectivity index (χ1n) is 17.6. The number of hydrogen-bond donors (Lipinski definition) is 6. The highest BCUT2D eigenvalue weighted by Gasteiger charge is 2.43. The van der Waals surface area contributed by atoms with Gasteiger partial charge in [0.15, 0.2) is 6.29 Å². The molecule has 1 heterocycles. The first-order valence-corrected chi connectivity index (χ1v) is 17.6. The van der Waals surface area contributed by atoms with Crippen molar-refractivity contribution >= 4 is 0 Å². The highest BCUT2D eigenvalue weighted by Crippen LogP contribution is 2.22. The van der Waals surface area contributed by atoms with Crippen LogP contribution in [0.2, 0.25) is 0 Å². The smallest absolute Gasteiger partial charge is 0.186 e. The van der Waals surface area contributed by atoms with E-state index < -0.39 is 43.4 Å². The fourth-order valence-corrected chi connectivity index (χ4v) is 5.85. The van der Waals surface area contributed by atoms with E-state index in [4.69, 9.17) is 9.47 Å². The zero-order valence-corrected chi connectivity index (χ0v) is 26.9. The van der Waals surface area contributed by atoms with Crippen LogP contribution in [0.15, 0.2) is 0 Å². The summed E-state index contributed by atoms with van der Waals surface area (Å²) in [4.78, 5) is 0. The third-order valence-electron chi connectivity index (χ3n) is 8.74. The molecule has 0 saturated carbocycles. The largest absolute Gasteiger partial charge is 0.394 e. The van der Waals surface area contributed by atoms with Gasteiger partial charge < -0.3 is 40.1 Å². The van der Waals surface area contributed by atoms with Gasteiger partial charge in [0.25, 0.3) is 0 Å². The normalized spacial score (nSPS) is 24.2. The van der Waals surface area contributed by atoms with E-state index in [1.165, 1.54) is 122 Å². The average molecular weight is 605 g/mol. The first-order chi connectivity index (χ1) is 20.4. The maximum atomic E-state index is 10.2. The Morgan fingerprint density at radius 1 is 0.524 bits per heavy atom. The maximum Gasteiger partial charge on any atom is 0.186 e. The molecule has 1 rings (SSSR count). The zero-order valence-electron chi connectivity index (χ0n) is 26.9. The molecular formula is C34H68O8. The molecule has 0 spiro atoms. The lowest BCUT2D eigenvalue weighted by Gasteiger charge is -2.39. The standard InChI is InChI=1S/C34H68O8/c1-28(36)23-21-19-17-15-13-11-9-7-5-3-2-4-6-8-10-12-14-16-18-20-22-24-29(37)25-26-41-34-33(40)32(39)31(38)30(27-35)42-34/h28-40H,2-27H2,1H3/t28?,29?,30-,31-,32+,33-,34-/m1/s1. The van der Waals surface area contributed by atoms with Crippen LogP contribution < -0.4 is 0 Å². The summed E-state index contributed by atoms with van der Waals surface area (Å²) in [6.45, 7) is 1.56. The molecule has 8 heteroatoms. The highest BCUT2D eigenvalue weighted by atomic mass is 16.7. The predicted octanol–water partition coefficient (Wildman–Crippen LogP) is 5.91. The van der Waals surface area contributed by atoms with Crippen molar-refractivity contribution in [3.63, 3.8) is 0 Å². The van der Waals surface area contributed by atoms with Crippen molar-refractivity contribution < 1.29 is 40.1 Å². The number of unbranched alkanes of at least 4 members (excludes halogenated alkanes) is 20. The summed E-state index contributed by atoms with van der Waals surface area (Å²) in [6.07, 6.45) is 22.7. The quantitative estimate of drug-likeness (QED) is 0.0580.